The van der Waals surface area contributed by atoms with E-state index in [0.29, 0.717) is 31.1 Å². The lowest BCUT2D eigenvalue weighted by molar-refractivity contribution is -0.143. The minimum atomic E-state index is -0.990. The van der Waals surface area contributed by atoms with Crippen molar-refractivity contribution in [2.45, 2.75) is 19.0 Å². The number of carbonyl (C=O) groups is 2. The van der Waals surface area contributed by atoms with Crippen LogP contribution in [-0.4, -0.2) is 55.2 Å². The summed E-state index contributed by atoms with van der Waals surface area (Å²) in [7, 11) is 3.14. The van der Waals surface area contributed by atoms with E-state index in [9.17, 15) is 9.59 Å². The van der Waals surface area contributed by atoms with E-state index in [-0.39, 0.29) is 12.3 Å². The summed E-state index contributed by atoms with van der Waals surface area (Å²) in [5.41, 5.74) is 0.904. The third-order valence-corrected chi connectivity index (χ3v) is 3.61. The van der Waals surface area contributed by atoms with E-state index < -0.39 is 12.0 Å². The van der Waals surface area contributed by atoms with Gasteiger partial charge < -0.3 is 19.9 Å². The number of methoxy groups -OCH3 is 2. The molecule has 0 saturated carbocycles. The lowest BCUT2D eigenvalue weighted by Crippen LogP contribution is -2.55. The molecule has 7 nitrogen and oxygen atoms in total. The molecule has 0 aliphatic carbocycles. The fourth-order valence-electron chi connectivity index (χ4n) is 2.53. The zero-order valence-electron chi connectivity index (χ0n) is 12.7. The van der Waals surface area contributed by atoms with Crippen molar-refractivity contribution in [3.8, 4) is 11.5 Å². The van der Waals surface area contributed by atoms with Gasteiger partial charge in [-0.15, -0.1) is 0 Å². The molecule has 2 N–H and O–H groups in total. The van der Waals surface area contributed by atoms with E-state index in [1.54, 1.807) is 20.3 Å². The quantitative estimate of drug-likeness (QED) is 0.795. The third-order valence-electron chi connectivity index (χ3n) is 3.61. The normalized spacial score (nSPS) is 18.6. The molecule has 1 atom stereocenters. The summed E-state index contributed by atoms with van der Waals surface area (Å²) in [6.07, 6.45) is -0.215. The van der Waals surface area contributed by atoms with Crippen molar-refractivity contribution >= 4 is 11.9 Å². The minimum absolute atomic E-state index is 0.215. The fourth-order valence-corrected chi connectivity index (χ4v) is 2.53. The van der Waals surface area contributed by atoms with Gasteiger partial charge in [0.25, 0.3) is 0 Å². The number of carboxylic acid groups (broad SMARTS) is 1. The highest BCUT2D eigenvalue weighted by atomic mass is 16.5. The van der Waals surface area contributed by atoms with Gasteiger partial charge in [0, 0.05) is 25.7 Å². The standard InChI is InChI=1S/C15H20N2O5/c1-21-11-5-10(6-12(7-11)22-2)9-17-4-3-16-15(20)13(17)8-14(18)19/h5-7,13H,3-4,8-9H2,1-2H3,(H,16,20)(H,18,19)/t13-/m1/s1. The largest absolute Gasteiger partial charge is 0.497 e. The number of ether oxygens (including phenoxy) is 2. The summed E-state index contributed by atoms with van der Waals surface area (Å²) < 4.78 is 10.5. The van der Waals surface area contributed by atoms with Gasteiger partial charge in [-0.3, -0.25) is 14.5 Å². The molecule has 1 amide bonds. The average Bonchev–Trinajstić information content (AvgIpc) is 2.50. The fraction of sp³-hybridized carbons (Fsp3) is 0.467. The van der Waals surface area contributed by atoms with Crippen molar-refractivity contribution in [3.63, 3.8) is 0 Å². The lowest BCUT2D eigenvalue weighted by Gasteiger charge is -2.34. The molecule has 22 heavy (non-hydrogen) atoms. The van der Waals surface area contributed by atoms with Gasteiger partial charge in [-0.1, -0.05) is 0 Å². The molecule has 0 bridgehead atoms. The molecule has 7 heteroatoms. The monoisotopic (exact) mass is 308 g/mol. The molecule has 0 unspecified atom stereocenters. The summed E-state index contributed by atoms with van der Waals surface area (Å²) in [4.78, 5) is 24.7. The zero-order valence-corrected chi connectivity index (χ0v) is 12.7. The van der Waals surface area contributed by atoms with E-state index in [1.807, 2.05) is 17.0 Å². The molecule has 1 heterocycles. The first-order chi connectivity index (χ1) is 10.5. The Bertz CT molecular complexity index is 539. The van der Waals surface area contributed by atoms with E-state index >= 15 is 0 Å². The maximum atomic E-state index is 11.9. The number of hydrogen-bond donors (Lipinski definition) is 2. The highest BCUT2D eigenvalue weighted by Gasteiger charge is 2.31. The number of piperazine rings is 1. The predicted molar refractivity (Wildman–Crippen MR) is 79.0 cm³/mol. The summed E-state index contributed by atoms with van der Waals surface area (Å²) in [6.45, 7) is 1.57. The zero-order chi connectivity index (χ0) is 16.1. The molecule has 0 aromatic heterocycles. The molecule has 1 aliphatic heterocycles. The van der Waals surface area contributed by atoms with Gasteiger partial charge in [0.05, 0.1) is 20.6 Å². The molecule has 0 radical (unpaired) electrons. The van der Waals surface area contributed by atoms with Crippen LogP contribution >= 0.6 is 0 Å². The molecule has 1 aromatic carbocycles. The number of nitrogens with one attached hydrogen (secondary N) is 1. The Balaban J connectivity index is 2.19. The van der Waals surface area contributed by atoms with Crippen molar-refractivity contribution in [1.29, 1.82) is 0 Å². The second-order valence-corrected chi connectivity index (χ2v) is 5.10. The predicted octanol–water partition coefficient (Wildman–Crippen LogP) is 0.479. The van der Waals surface area contributed by atoms with Crippen molar-refractivity contribution in [2.75, 3.05) is 27.3 Å². The van der Waals surface area contributed by atoms with Gasteiger partial charge in [-0.25, -0.2) is 0 Å². The molecular formula is C15H20N2O5. The molecule has 2 rings (SSSR count). The van der Waals surface area contributed by atoms with Crippen molar-refractivity contribution < 1.29 is 24.2 Å². The Kier molecular flexibility index (Phi) is 5.21. The lowest BCUT2D eigenvalue weighted by atomic mass is 10.1. The van der Waals surface area contributed by atoms with Crippen LogP contribution in [0.4, 0.5) is 0 Å². The Labute approximate surface area is 128 Å². The summed E-state index contributed by atoms with van der Waals surface area (Å²) in [5.74, 6) is 0.0787. The summed E-state index contributed by atoms with van der Waals surface area (Å²) >= 11 is 0. The molecule has 0 spiro atoms. The van der Waals surface area contributed by atoms with Gasteiger partial charge in [0.1, 0.15) is 17.5 Å². The Morgan fingerprint density at radius 1 is 1.32 bits per heavy atom. The first kappa shape index (κ1) is 16.1. The minimum Gasteiger partial charge on any atom is -0.497 e. The van der Waals surface area contributed by atoms with Crippen LogP contribution in [0.25, 0.3) is 0 Å². The molecule has 1 saturated heterocycles. The highest BCUT2D eigenvalue weighted by molar-refractivity contribution is 5.86. The molecule has 1 fully saturated rings. The smallest absolute Gasteiger partial charge is 0.305 e. The van der Waals surface area contributed by atoms with Gasteiger partial charge in [-0.05, 0) is 17.7 Å². The third kappa shape index (κ3) is 3.88. The van der Waals surface area contributed by atoms with Crippen LogP contribution in [0.1, 0.15) is 12.0 Å². The molecule has 1 aromatic rings. The van der Waals surface area contributed by atoms with Crippen LogP contribution in [0.15, 0.2) is 18.2 Å². The highest BCUT2D eigenvalue weighted by Crippen LogP contribution is 2.24. The number of hydrogen-bond acceptors (Lipinski definition) is 5. The Hall–Kier alpha value is -2.28. The van der Waals surface area contributed by atoms with E-state index in [2.05, 4.69) is 5.32 Å². The Morgan fingerprint density at radius 2 is 1.95 bits per heavy atom. The van der Waals surface area contributed by atoms with Crippen LogP contribution in [-0.2, 0) is 16.1 Å². The van der Waals surface area contributed by atoms with Crippen LogP contribution < -0.4 is 14.8 Å². The van der Waals surface area contributed by atoms with Crippen molar-refractivity contribution in [1.82, 2.24) is 10.2 Å². The van der Waals surface area contributed by atoms with Gasteiger partial charge >= 0.3 is 5.97 Å². The van der Waals surface area contributed by atoms with Crippen molar-refractivity contribution in [2.24, 2.45) is 0 Å². The van der Waals surface area contributed by atoms with Gasteiger partial charge in [-0.2, -0.15) is 0 Å². The van der Waals surface area contributed by atoms with Gasteiger partial charge in [0.15, 0.2) is 0 Å². The number of carbonyl (C=O) groups excluding carboxylic acids is 1. The van der Waals surface area contributed by atoms with E-state index in [1.165, 1.54) is 0 Å². The second kappa shape index (κ2) is 7.13. The summed E-state index contributed by atoms with van der Waals surface area (Å²) in [5, 5.41) is 11.7. The maximum absolute atomic E-state index is 11.9. The average molecular weight is 308 g/mol. The molecule has 120 valence electrons. The van der Waals surface area contributed by atoms with Crippen LogP contribution in [0.2, 0.25) is 0 Å². The van der Waals surface area contributed by atoms with Crippen LogP contribution in [0, 0.1) is 0 Å². The first-order valence-electron chi connectivity index (χ1n) is 6.99. The number of nitrogens with zero attached hydrogens (tertiary/aromatic N) is 1. The van der Waals surface area contributed by atoms with Gasteiger partial charge in [0.2, 0.25) is 5.91 Å². The molecular weight excluding hydrogens is 288 g/mol. The molecule has 1 aliphatic rings. The van der Waals surface area contributed by atoms with Crippen LogP contribution in [0.5, 0.6) is 11.5 Å². The number of benzene rings is 1. The topological polar surface area (TPSA) is 88.1 Å². The second-order valence-electron chi connectivity index (χ2n) is 5.10. The summed E-state index contributed by atoms with van der Waals surface area (Å²) in [6, 6.07) is 4.81. The maximum Gasteiger partial charge on any atom is 0.305 e. The first-order valence-corrected chi connectivity index (χ1v) is 6.99. The SMILES string of the molecule is COc1cc(CN2CCNC(=O)[C@H]2CC(=O)O)cc(OC)c1. The van der Waals surface area contributed by atoms with Crippen LogP contribution in [0.3, 0.4) is 0 Å². The number of carboxylic acids is 1. The number of aliphatic carboxylic acids is 1. The van der Waals surface area contributed by atoms with E-state index in [4.69, 9.17) is 14.6 Å². The van der Waals surface area contributed by atoms with Crippen molar-refractivity contribution in [3.05, 3.63) is 23.8 Å². The number of rotatable bonds is 6. The number of amides is 1. The Morgan fingerprint density at radius 3 is 2.50 bits per heavy atom. The van der Waals surface area contributed by atoms with E-state index in [0.717, 1.165) is 5.56 Å².